The number of hydrogen-bond acceptors (Lipinski definition) is 4. The topological polar surface area (TPSA) is 63.3 Å². The molecule has 0 spiro atoms. The molecule has 0 amide bonds. The summed E-state index contributed by atoms with van der Waals surface area (Å²) in [6.45, 7) is 17.0. The van der Waals surface area contributed by atoms with Crippen LogP contribution in [0.2, 0.25) is 0 Å². The Labute approximate surface area is 310 Å². The van der Waals surface area contributed by atoms with E-state index in [0.717, 1.165) is 70.2 Å². The zero-order valence-corrected chi connectivity index (χ0v) is 32.9. The van der Waals surface area contributed by atoms with Gasteiger partial charge in [-0.15, -0.1) is 17.7 Å². The molecule has 5 heteroatoms. The Kier molecular flexibility index (Phi) is 11.2. The van der Waals surface area contributed by atoms with Gasteiger partial charge >= 0.3 is 0 Å². The average Bonchev–Trinajstić information content (AvgIpc) is 3.47. The van der Waals surface area contributed by atoms with Crippen LogP contribution in [0.15, 0.2) is 89.2 Å². The Bertz CT molecular complexity index is 2200. The number of benzene rings is 4. The van der Waals surface area contributed by atoms with Gasteiger partial charge in [0.1, 0.15) is 5.58 Å². The largest absolute Gasteiger partial charge is 0.512 e. The van der Waals surface area contributed by atoms with Crippen LogP contribution in [0.1, 0.15) is 89.5 Å². The van der Waals surface area contributed by atoms with Gasteiger partial charge in [0, 0.05) is 55.2 Å². The van der Waals surface area contributed by atoms with Gasteiger partial charge in [-0.05, 0) is 71.1 Å². The molecule has 6 aromatic rings. The second-order valence-corrected chi connectivity index (χ2v) is 14.1. The molecule has 0 bridgehead atoms. The number of ketones is 1. The summed E-state index contributed by atoms with van der Waals surface area (Å²) < 4.78 is 6.69. The number of allylic oxidation sites excluding steroid dienone is 2. The molecule has 4 aromatic carbocycles. The fraction of sp³-hybridized carbons (Fsp3) is 0.333. The smallest absolute Gasteiger partial charge is 0.162 e. The number of hydrogen-bond donors (Lipinski definition) is 1. The van der Waals surface area contributed by atoms with Crippen LogP contribution in [0.25, 0.3) is 55.1 Å². The SMILES string of the molecule is CCC(CC)C(=O)/C=C(\O)C(CC)CC.Cc1ccc2cnc3c(c2c1)C(C)(C)c1ccc(-c2ccccc2)c2oc4c(C)c[c-]c-3c4c12.[Ir]. The molecule has 50 heavy (non-hydrogen) atoms. The van der Waals surface area contributed by atoms with Crippen molar-refractivity contribution in [1.29, 1.82) is 0 Å². The van der Waals surface area contributed by atoms with Crippen molar-refractivity contribution < 1.29 is 34.4 Å². The van der Waals surface area contributed by atoms with E-state index in [1.807, 2.05) is 40.0 Å². The van der Waals surface area contributed by atoms with Gasteiger partial charge in [0.15, 0.2) is 5.78 Å². The summed E-state index contributed by atoms with van der Waals surface area (Å²) in [5.74, 6) is 0.547. The predicted molar refractivity (Wildman–Crippen MR) is 204 cm³/mol. The van der Waals surface area contributed by atoms with Crippen molar-refractivity contribution in [3.8, 4) is 22.4 Å². The molecule has 0 fully saturated rings. The molecular formula is C45H48IrNO3-. The molecule has 1 N–H and O–H groups in total. The number of aliphatic hydroxyl groups is 1. The molecule has 0 saturated carbocycles. The number of rotatable bonds is 8. The normalized spacial score (nSPS) is 13.4. The van der Waals surface area contributed by atoms with Crippen molar-refractivity contribution in [3.05, 3.63) is 113 Å². The third kappa shape index (κ3) is 6.47. The molecule has 0 saturated heterocycles. The van der Waals surface area contributed by atoms with Gasteiger partial charge in [0.25, 0.3) is 0 Å². The maximum atomic E-state index is 11.7. The van der Waals surface area contributed by atoms with Crippen molar-refractivity contribution in [2.75, 3.05) is 0 Å². The van der Waals surface area contributed by atoms with E-state index in [4.69, 9.17) is 9.40 Å². The van der Waals surface area contributed by atoms with Crippen LogP contribution in [0.5, 0.6) is 0 Å². The van der Waals surface area contributed by atoms with Gasteiger partial charge in [-0.1, -0.05) is 126 Å². The van der Waals surface area contributed by atoms with Crippen LogP contribution in [-0.2, 0) is 30.3 Å². The van der Waals surface area contributed by atoms with Gasteiger partial charge in [-0.2, -0.15) is 0 Å². The van der Waals surface area contributed by atoms with Crippen molar-refractivity contribution in [1.82, 2.24) is 4.98 Å². The van der Waals surface area contributed by atoms with Crippen molar-refractivity contribution in [3.63, 3.8) is 0 Å². The molecule has 261 valence electrons. The summed E-state index contributed by atoms with van der Waals surface area (Å²) in [4.78, 5) is 16.8. The zero-order chi connectivity index (χ0) is 35.0. The molecule has 0 aliphatic heterocycles. The Hall–Kier alpha value is -4.05. The first kappa shape index (κ1) is 37.2. The molecule has 4 nitrogen and oxygen atoms in total. The molecule has 0 atom stereocenters. The number of aryl methyl sites for hydroxylation is 2. The Morgan fingerprint density at radius 1 is 0.900 bits per heavy atom. The van der Waals surface area contributed by atoms with Crippen LogP contribution in [0.4, 0.5) is 0 Å². The van der Waals surface area contributed by atoms with E-state index in [-0.39, 0.29) is 48.9 Å². The second-order valence-electron chi connectivity index (χ2n) is 14.1. The first-order valence-corrected chi connectivity index (χ1v) is 17.9. The van der Waals surface area contributed by atoms with Gasteiger partial charge in [-0.25, -0.2) is 0 Å². The minimum atomic E-state index is -0.277. The number of aromatic nitrogens is 1. The Morgan fingerprint density at radius 2 is 1.58 bits per heavy atom. The van der Waals surface area contributed by atoms with E-state index in [9.17, 15) is 9.90 Å². The fourth-order valence-corrected chi connectivity index (χ4v) is 7.65. The maximum Gasteiger partial charge on any atom is 0.162 e. The van der Waals surface area contributed by atoms with Crippen LogP contribution < -0.4 is 0 Å². The van der Waals surface area contributed by atoms with Crippen molar-refractivity contribution >= 4 is 38.5 Å². The first-order chi connectivity index (χ1) is 23.5. The second kappa shape index (κ2) is 15.1. The van der Waals surface area contributed by atoms with E-state index in [1.165, 1.54) is 38.9 Å². The standard InChI is InChI=1S/C32H24NO.C13H24O2.Ir/c1-18-10-12-21-17-33-29-23-13-11-19(2)30-26(23)27-25(32(3,4)28(29)24(21)16-18)15-14-22(31(27)34-30)20-8-6-5-7-9-20;1-5-10(6-2)12(14)9-13(15)11(7-3)8-4;/h5-12,14-17H,1-4H3;9-11,14H,5-8H2,1-4H3;/q-1;;/b;12-9-;. The predicted octanol–water partition coefficient (Wildman–Crippen LogP) is 12.4. The molecule has 1 aliphatic rings. The zero-order valence-electron chi connectivity index (χ0n) is 30.5. The minimum absolute atomic E-state index is 0. The molecule has 1 aliphatic carbocycles. The van der Waals surface area contributed by atoms with Gasteiger partial charge in [0.2, 0.25) is 0 Å². The average molecular weight is 843 g/mol. The van der Waals surface area contributed by atoms with Crippen molar-refractivity contribution in [2.45, 2.75) is 86.5 Å². The number of fused-ring (bicyclic) bond motifs is 4. The number of furan rings is 1. The van der Waals surface area contributed by atoms with Crippen LogP contribution in [0, 0.1) is 31.7 Å². The first-order valence-electron chi connectivity index (χ1n) is 17.9. The summed E-state index contributed by atoms with van der Waals surface area (Å²) in [6.07, 6.45) is 6.91. The van der Waals surface area contributed by atoms with Gasteiger partial charge in [-0.3, -0.25) is 4.79 Å². The molecule has 0 unspecified atom stereocenters. The molecule has 2 heterocycles. The summed E-state index contributed by atoms with van der Waals surface area (Å²) >= 11 is 0. The van der Waals surface area contributed by atoms with Crippen LogP contribution in [0.3, 0.4) is 0 Å². The number of aliphatic hydroxyl groups excluding tert-OH is 1. The molecule has 1 radical (unpaired) electrons. The third-order valence-electron chi connectivity index (χ3n) is 10.6. The summed E-state index contributed by atoms with van der Waals surface area (Å²) in [6, 6.07) is 27.4. The fourth-order valence-electron chi connectivity index (χ4n) is 7.65. The Balaban J connectivity index is 0.000000261. The van der Waals surface area contributed by atoms with Crippen molar-refractivity contribution in [2.24, 2.45) is 11.8 Å². The molecule has 7 rings (SSSR count). The molecule has 2 aromatic heterocycles. The van der Waals surface area contributed by atoms with Gasteiger partial charge in [0.05, 0.1) is 11.3 Å². The van der Waals surface area contributed by atoms with E-state index < -0.39 is 0 Å². The van der Waals surface area contributed by atoms with E-state index in [1.54, 1.807) is 0 Å². The van der Waals surface area contributed by atoms with E-state index >= 15 is 0 Å². The number of nitrogens with zero attached hydrogens (tertiary/aromatic N) is 1. The Morgan fingerprint density at radius 3 is 2.24 bits per heavy atom. The van der Waals surface area contributed by atoms with Crippen LogP contribution in [-0.4, -0.2) is 15.9 Å². The van der Waals surface area contributed by atoms with E-state index in [2.05, 4.69) is 94.4 Å². The number of carbonyl (C=O) groups is 1. The van der Waals surface area contributed by atoms with E-state index in [0.29, 0.717) is 0 Å². The monoisotopic (exact) mass is 843 g/mol. The van der Waals surface area contributed by atoms with Gasteiger partial charge < -0.3 is 14.5 Å². The molecular weight excluding hydrogens is 795 g/mol. The quantitative estimate of drug-likeness (QED) is 0.0942. The summed E-state index contributed by atoms with van der Waals surface area (Å²) in [5, 5.41) is 14.5. The summed E-state index contributed by atoms with van der Waals surface area (Å²) in [7, 11) is 0. The maximum absolute atomic E-state index is 11.7. The minimum Gasteiger partial charge on any atom is -0.512 e. The summed E-state index contributed by atoms with van der Waals surface area (Å²) in [5.41, 5.74) is 10.8. The number of pyridine rings is 1. The third-order valence-corrected chi connectivity index (χ3v) is 10.6. The van der Waals surface area contributed by atoms with Crippen LogP contribution >= 0.6 is 0 Å². The number of carbonyl (C=O) groups excluding carboxylic acids is 1.